The highest BCUT2D eigenvalue weighted by atomic mass is 32.2. The summed E-state index contributed by atoms with van der Waals surface area (Å²) < 4.78 is 39.6. The van der Waals surface area contributed by atoms with Crippen molar-refractivity contribution >= 4 is 10.0 Å². The number of hydrogen-bond acceptors (Lipinski definition) is 4. The molecule has 0 saturated carbocycles. The van der Waals surface area contributed by atoms with E-state index < -0.39 is 16.1 Å². The Balaban J connectivity index is 1.71. The lowest BCUT2D eigenvalue weighted by molar-refractivity contribution is -0.188. The smallest absolute Gasteiger partial charge is 0.240 e. The molecule has 2 atom stereocenters. The molecule has 5 nitrogen and oxygen atoms in total. The first-order valence-electron chi connectivity index (χ1n) is 8.93. The van der Waals surface area contributed by atoms with E-state index in [2.05, 4.69) is 4.72 Å². The van der Waals surface area contributed by atoms with Crippen molar-refractivity contribution in [1.29, 1.82) is 0 Å². The van der Waals surface area contributed by atoms with Gasteiger partial charge in [0.2, 0.25) is 10.0 Å². The van der Waals surface area contributed by atoms with Crippen LogP contribution in [0.15, 0.2) is 59.5 Å². The van der Waals surface area contributed by atoms with E-state index in [1.807, 2.05) is 37.3 Å². The third-order valence-corrected chi connectivity index (χ3v) is 5.85. The third-order valence-electron chi connectivity index (χ3n) is 4.42. The van der Waals surface area contributed by atoms with Crippen molar-refractivity contribution in [2.24, 2.45) is 0 Å². The summed E-state index contributed by atoms with van der Waals surface area (Å²) in [7, 11) is -3.59. The van der Waals surface area contributed by atoms with Crippen molar-refractivity contribution in [3.63, 3.8) is 0 Å². The lowest BCUT2D eigenvalue weighted by Gasteiger charge is -2.28. The Bertz CT molecular complexity index is 784. The van der Waals surface area contributed by atoms with Crippen LogP contribution in [0.4, 0.5) is 0 Å². The maximum Gasteiger partial charge on any atom is 0.240 e. The second kappa shape index (κ2) is 8.77. The SMILES string of the molecule is Cc1ccc(S(=O)(=O)NC[C@H](OC2CCCCO2)c2ccccc2)cc1. The summed E-state index contributed by atoms with van der Waals surface area (Å²) in [5.74, 6) is 0. The maximum atomic E-state index is 12.6. The minimum atomic E-state index is -3.59. The van der Waals surface area contributed by atoms with Gasteiger partial charge in [0, 0.05) is 13.2 Å². The van der Waals surface area contributed by atoms with Gasteiger partial charge in [-0.1, -0.05) is 48.0 Å². The van der Waals surface area contributed by atoms with Gasteiger partial charge >= 0.3 is 0 Å². The summed E-state index contributed by atoms with van der Waals surface area (Å²) in [6.07, 6.45) is 2.22. The van der Waals surface area contributed by atoms with E-state index in [9.17, 15) is 8.42 Å². The predicted octanol–water partition coefficient (Wildman–Crippen LogP) is 3.56. The van der Waals surface area contributed by atoms with E-state index in [-0.39, 0.29) is 17.7 Å². The van der Waals surface area contributed by atoms with Gasteiger partial charge in [0.25, 0.3) is 0 Å². The van der Waals surface area contributed by atoms with Gasteiger partial charge in [-0.25, -0.2) is 13.1 Å². The zero-order valence-electron chi connectivity index (χ0n) is 14.9. The van der Waals surface area contributed by atoms with E-state index >= 15 is 0 Å². The van der Waals surface area contributed by atoms with Crippen molar-refractivity contribution in [3.8, 4) is 0 Å². The first-order chi connectivity index (χ1) is 12.5. The third kappa shape index (κ3) is 5.14. The van der Waals surface area contributed by atoms with Crippen molar-refractivity contribution < 1.29 is 17.9 Å². The van der Waals surface area contributed by atoms with E-state index in [1.165, 1.54) is 0 Å². The lowest BCUT2D eigenvalue weighted by Crippen LogP contribution is -2.33. The zero-order chi connectivity index (χ0) is 18.4. The Morgan fingerprint density at radius 3 is 2.50 bits per heavy atom. The number of ether oxygens (including phenoxy) is 2. The molecule has 6 heteroatoms. The molecule has 0 bridgehead atoms. The zero-order valence-corrected chi connectivity index (χ0v) is 15.7. The van der Waals surface area contributed by atoms with E-state index in [0.29, 0.717) is 6.61 Å². The highest BCUT2D eigenvalue weighted by Gasteiger charge is 2.23. The summed E-state index contributed by atoms with van der Waals surface area (Å²) in [6.45, 7) is 2.76. The molecule has 2 aromatic rings. The van der Waals surface area contributed by atoms with Crippen molar-refractivity contribution in [2.45, 2.75) is 43.5 Å². The van der Waals surface area contributed by atoms with Crippen LogP contribution >= 0.6 is 0 Å². The summed E-state index contributed by atoms with van der Waals surface area (Å²) in [5, 5.41) is 0. The molecule has 0 spiro atoms. The molecule has 0 radical (unpaired) electrons. The van der Waals surface area contributed by atoms with Gasteiger partial charge < -0.3 is 9.47 Å². The number of rotatable bonds is 7. The number of hydrogen-bond donors (Lipinski definition) is 1. The number of nitrogens with one attached hydrogen (secondary N) is 1. The molecule has 1 heterocycles. The van der Waals surface area contributed by atoms with Gasteiger partial charge in [-0.2, -0.15) is 0 Å². The molecule has 0 amide bonds. The molecule has 1 aliphatic rings. The maximum absolute atomic E-state index is 12.6. The van der Waals surface area contributed by atoms with Gasteiger partial charge in [0.05, 0.1) is 11.0 Å². The molecule has 2 aromatic carbocycles. The predicted molar refractivity (Wildman–Crippen MR) is 100 cm³/mol. The highest BCUT2D eigenvalue weighted by molar-refractivity contribution is 7.89. The monoisotopic (exact) mass is 375 g/mol. The van der Waals surface area contributed by atoms with Crippen molar-refractivity contribution in [1.82, 2.24) is 4.72 Å². The average Bonchev–Trinajstić information content (AvgIpc) is 2.67. The van der Waals surface area contributed by atoms with Gasteiger partial charge in [-0.15, -0.1) is 0 Å². The molecule has 1 N–H and O–H groups in total. The Kier molecular flexibility index (Phi) is 6.43. The fourth-order valence-electron chi connectivity index (χ4n) is 2.90. The molecule has 3 rings (SSSR count). The molecule has 1 aliphatic heterocycles. The molecule has 1 unspecified atom stereocenters. The van der Waals surface area contributed by atoms with Gasteiger partial charge in [0.1, 0.15) is 0 Å². The van der Waals surface area contributed by atoms with E-state index in [4.69, 9.17) is 9.47 Å². The van der Waals surface area contributed by atoms with Gasteiger partial charge in [-0.3, -0.25) is 0 Å². The van der Waals surface area contributed by atoms with Crippen LogP contribution in [-0.4, -0.2) is 27.9 Å². The van der Waals surface area contributed by atoms with Crippen LogP contribution in [0.2, 0.25) is 0 Å². The Labute approximate surface area is 155 Å². The number of aryl methyl sites for hydroxylation is 1. The quantitative estimate of drug-likeness (QED) is 0.804. The lowest BCUT2D eigenvalue weighted by atomic mass is 10.1. The average molecular weight is 375 g/mol. The van der Waals surface area contributed by atoms with E-state index in [0.717, 1.165) is 30.4 Å². The van der Waals surface area contributed by atoms with Crippen LogP contribution in [0.3, 0.4) is 0 Å². The first kappa shape index (κ1) is 19.0. The standard InChI is InChI=1S/C20H25NO4S/c1-16-10-12-18(13-11-16)26(22,23)21-15-19(17-7-3-2-4-8-17)25-20-9-5-6-14-24-20/h2-4,7-8,10-13,19-21H,5-6,9,14-15H2,1H3/t19-,20?/m0/s1. The molecule has 1 saturated heterocycles. The van der Waals surface area contributed by atoms with Gasteiger partial charge in [-0.05, 0) is 43.9 Å². The van der Waals surface area contributed by atoms with Crippen LogP contribution in [-0.2, 0) is 19.5 Å². The first-order valence-corrected chi connectivity index (χ1v) is 10.4. The molecule has 0 aromatic heterocycles. The molecular weight excluding hydrogens is 350 g/mol. The van der Waals surface area contributed by atoms with Crippen LogP contribution in [0, 0.1) is 6.92 Å². The Morgan fingerprint density at radius 1 is 1.12 bits per heavy atom. The highest BCUT2D eigenvalue weighted by Crippen LogP contribution is 2.24. The van der Waals surface area contributed by atoms with Crippen LogP contribution in [0.5, 0.6) is 0 Å². The number of benzene rings is 2. The Morgan fingerprint density at radius 2 is 1.85 bits per heavy atom. The fourth-order valence-corrected chi connectivity index (χ4v) is 3.93. The molecule has 0 aliphatic carbocycles. The second-order valence-electron chi connectivity index (χ2n) is 6.50. The minimum absolute atomic E-state index is 0.153. The molecular formula is C20H25NO4S. The normalized spacial score (nSPS) is 19.2. The summed E-state index contributed by atoms with van der Waals surface area (Å²) >= 11 is 0. The molecule has 140 valence electrons. The molecule has 26 heavy (non-hydrogen) atoms. The molecule has 1 fully saturated rings. The van der Waals surface area contributed by atoms with E-state index in [1.54, 1.807) is 24.3 Å². The van der Waals surface area contributed by atoms with Crippen molar-refractivity contribution in [3.05, 3.63) is 65.7 Å². The fraction of sp³-hybridized carbons (Fsp3) is 0.400. The minimum Gasteiger partial charge on any atom is -0.353 e. The van der Waals surface area contributed by atoms with Crippen LogP contribution in [0.1, 0.15) is 36.5 Å². The van der Waals surface area contributed by atoms with Gasteiger partial charge in [0.15, 0.2) is 6.29 Å². The topological polar surface area (TPSA) is 64.6 Å². The summed E-state index contributed by atoms with van der Waals surface area (Å²) in [6, 6.07) is 16.4. The summed E-state index contributed by atoms with van der Waals surface area (Å²) in [4.78, 5) is 0.254. The van der Waals surface area contributed by atoms with Crippen LogP contribution < -0.4 is 4.72 Å². The second-order valence-corrected chi connectivity index (χ2v) is 8.26. The largest absolute Gasteiger partial charge is 0.353 e. The summed E-state index contributed by atoms with van der Waals surface area (Å²) in [5.41, 5.74) is 1.94. The van der Waals surface area contributed by atoms with Crippen LogP contribution in [0.25, 0.3) is 0 Å². The number of sulfonamides is 1. The Hall–Kier alpha value is -1.73. The van der Waals surface area contributed by atoms with Crippen molar-refractivity contribution in [2.75, 3.05) is 13.2 Å².